The smallest absolute Gasteiger partial charge is 0.255 e. The maximum Gasteiger partial charge on any atom is 0.255 e. The highest BCUT2D eigenvalue weighted by molar-refractivity contribution is 5.95. The van der Waals surface area contributed by atoms with Gasteiger partial charge in [-0.15, -0.1) is 0 Å². The van der Waals surface area contributed by atoms with Crippen LogP contribution in [0.4, 0.5) is 20.4 Å². The summed E-state index contributed by atoms with van der Waals surface area (Å²) in [4.78, 5) is 26.5. The van der Waals surface area contributed by atoms with Crippen LogP contribution >= 0.6 is 0 Å². The van der Waals surface area contributed by atoms with E-state index in [2.05, 4.69) is 20.9 Å². The van der Waals surface area contributed by atoms with E-state index in [9.17, 15) is 13.6 Å². The molecule has 3 N–H and O–H groups in total. The zero-order valence-electron chi connectivity index (χ0n) is 19.3. The highest BCUT2D eigenvalue weighted by Crippen LogP contribution is 2.38. The molecule has 3 aromatic rings. The lowest BCUT2D eigenvalue weighted by Crippen LogP contribution is -2.49. The molecule has 1 unspecified atom stereocenters. The number of rotatable bonds is 8. The lowest BCUT2D eigenvalue weighted by Gasteiger charge is -2.27. The van der Waals surface area contributed by atoms with Crippen LogP contribution in [0.5, 0.6) is 11.5 Å². The number of ether oxygens (including phenoxy) is 2. The third-order valence-corrected chi connectivity index (χ3v) is 5.63. The first-order valence-electron chi connectivity index (χ1n) is 10.7. The van der Waals surface area contributed by atoms with Gasteiger partial charge >= 0.3 is 0 Å². The number of alkyl halides is 2. The van der Waals surface area contributed by atoms with E-state index in [1.807, 2.05) is 12.1 Å². The SMILES string of the molecule is COc1cc2nc(C3CNc4ncccc43)nc(NC(C)(C)C(=O)NCC(F)F)c2cc1OC. The summed E-state index contributed by atoms with van der Waals surface area (Å²) in [5, 5.41) is 9.23. The molecule has 1 aromatic carbocycles. The predicted molar refractivity (Wildman–Crippen MR) is 124 cm³/mol. The van der Waals surface area contributed by atoms with Gasteiger partial charge in [-0.2, -0.15) is 0 Å². The second-order valence-corrected chi connectivity index (χ2v) is 8.38. The van der Waals surface area contributed by atoms with Crippen LogP contribution in [0.3, 0.4) is 0 Å². The topological polar surface area (TPSA) is 110 Å². The number of carbonyl (C=O) groups is 1. The number of carbonyl (C=O) groups excluding carboxylic acids is 1. The number of fused-ring (bicyclic) bond motifs is 2. The van der Waals surface area contributed by atoms with Gasteiger partial charge in [-0.3, -0.25) is 4.79 Å². The van der Waals surface area contributed by atoms with Crippen LogP contribution in [0.25, 0.3) is 10.9 Å². The van der Waals surface area contributed by atoms with Crippen molar-refractivity contribution in [2.45, 2.75) is 31.7 Å². The standard InChI is InChI=1S/C23H26F2N6O3/c1-23(2,22(32)28-11-18(24)25)31-21-13-8-16(33-3)17(34-4)9-15(13)29-20(30-21)14-10-27-19-12(14)6-5-7-26-19/h5-9,14,18H,10-11H2,1-4H3,(H,26,27)(H,28,32)(H,29,30,31). The molecule has 1 aliphatic heterocycles. The molecule has 3 heterocycles. The highest BCUT2D eigenvalue weighted by Gasteiger charge is 2.32. The van der Waals surface area contributed by atoms with Crippen molar-refractivity contribution < 1.29 is 23.0 Å². The summed E-state index contributed by atoms with van der Waals surface area (Å²) in [6, 6.07) is 7.27. The summed E-state index contributed by atoms with van der Waals surface area (Å²) in [6.45, 7) is 3.02. The Kier molecular flexibility index (Phi) is 6.36. The molecule has 0 aliphatic carbocycles. The molecule has 0 saturated heterocycles. The Hall–Kier alpha value is -3.76. The first-order chi connectivity index (χ1) is 16.2. The molecule has 0 saturated carbocycles. The molecule has 9 nitrogen and oxygen atoms in total. The Morgan fingerprint density at radius 3 is 2.68 bits per heavy atom. The Bertz CT molecular complexity index is 1220. The fourth-order valence-electron chi connectivity index (χ4n) is 3.85. The highest BCUT2D eigenvalue weighted by atomic mass is 19.3. The fourth-order valence-corrected chi connectivity index (χ4v) is 3.85. The maximum atomic E-state index is 12.6. The van der Waals surface area contributed by atoms with E-state index in [1.165, 1.54) is 14.2 Å². The van der Waals surface area contributed by atoms with Gasteiger partial charge in [-0.25, -0.2) is 23.7 Å². The number of nitrogens with zero attached hydrogens (tertiary/aromatic N) is 3. The number of nitrogens with one attached hydrogen (secondary N) is 3. The van der Waals surface area contributed by atoms with E-state index in [0.29, 0.717) is 40.6 Å². The summed E-state index contributed by atoms with van der Waals surface area (Å²) in [7, 11) is 3.05. The zero-order chi connectivity index (χ0) is 24.5. The molecule has 0 bridgehead atoms. The van der Waals surface area contributed by atoms with Crippen LogP contribution in [0, 0.1) is 0 Å². The third kappa shape index (κ3) is 4.50. The van der Waals surface area contributed by atoms with E-state index in [4.69, 9.17) is 19.4 Å². The minimum Gasteiger partial charge on any atom is -0.493 e. The maximum absolute atomic E-state index is 12.6. The molecule has 0 radical (unpaired) electrons. The van der Waals surface area contributed by atoms with Crippen molar-refractivity contribution in [3.8, 4) is 11.5 Å². The first-order valence-corrected chi connectivity index (χ1v) is 10.7. The van der Waals surface area contributed by atoms with E-state index >= 15 is 0 Å². The minimum atomic E-state index is -2.65. The van der Waals surface area contributed by atoms with E-state index in [1.54, 1.807) is 32.2 Å². The molecule has 4 rings (SSSR count). The van der Waals surface area contributed by atoms with Crippen molar-refractivity contribution in [1.82, 2.24) is 20.3 Å². The molecule has 1 aliphatic rings. The van der Waals surface area contributed by atoms with Gasteiger partial charge in [0, 0.05) is 29.8 Å². The number of pyridine rings is 1. The number of hydrogen-bond donors (Lipinski definition) is 3. The normalized spacial score (nSPS) is 15.1. The van der Waals surface area contributed by atoms with Gasteiger partial charge in [-0.1, -0.05) is 6.07 Å². The monoisotopic (exact) mass is 472 g/mol. The largest absolute Gasteiger partial charge is 0.493 e. The van der Waals surface area contributed by atoms with Crippen molar-refractivity contribution in [2.75, 3.05) is 37.9 Å². The fraction of sp³-hybridized carbons (Fsp3) is 0.391. The number of anilines is 2. The Labute approximate surface area is 195 Å². The first kappa shape index (κ1) is 23.4. The summed E-state index contributed by atoms with van der Waals surface area (Å²) in [6.07, 6.45) is -0.938. The van der Waals surface area contributed by atoms with Gasteiger partial charge in [0.1, 0.15) is 23.0 Å². The average Bonchev–Trinajstić information content (AvgIpc) is 3.25. The number of benzene rings is 1. The number of aromatic nitrogens is 3. The molecule has 34 heavy (non-hydrogen) atoms. The molecule has 180 valence electrons. The number of amides is 1. The summed E-state index contributed by atoms with van der Waals surface area (Å²) in [5.74, 6) is 1.86. The van der Waals surface area contributed by atoms with E-state index in [0.717, 1.165) is 11.4 Å². The van der Waals surface area contributed by atoms with Gasteiger partial charge in [0.2, 0.25) is 5.91 Å². The van der Waals surface area contributed by atoms with Crippen LogP contribution in [-0.4, -0.2) is 60.1 Å². The lowest BCUT2D eigenvalue weighted by atomic mass is 10.0. The zero-order valence-corrected chi connectivity index (χ0v) is 19.3. The number of methoxy groups -OCH3 is 2. The lowest BCUT2D eigenvalue weighted by molar-refractivity contribution is -0.125. The van der Waals surface area contributed by atoms with Crippen LogP contribution in [-0.2, 0) is 4.79 Å². The molecular formula is C23H26F2N6O3. The molecule has 11 heteroatoms. The molecule has 1 amide bonds. The quantitative estimate of drug-likeness (QED) is 0.459. The molecule has 2 aromatic heterocycles. The number of halogens is 2. The molecule has 0 spiro atoms. The van der Waals surface area contributed by atoms with Crippen molar-refractivity contribution >= 4 is 28.4 Å². The predicted octanol–water partition coefficient (Wildman–Crippen LogP) is 3.17. The average molecular weight is 472 g/mol. The van der Waals surface area contributed by atoms with Crippen molar-refractivity contribution in [3.63, 3.8) is 0 Å². The summed E-state index contributed by atoms with van der Waals surface area (Å²) >= 11 is 0. The van der Waals surface area contributed by atoms with Crippen LogP contribution < -0.4 is 25.4 Å². The Morgan fingerprint density at radius 2 is 1.97 bits per heavy atom. The van der Waals surface area contributed by atoms with Gasteiger partial charge < -0.3 is 25.4 Å². The Balaban J connectivity index is 1.81. The Morgan fingerprint density at radius 1 is 1.24 bits per heavy atom. The van der Waals surface area contributed by atoms with Gasteiger partial charge in [0.25, 0.3) is 6.43 Å². The van der Waals surface area contributed by atoms with Gasteiger partial charge in [0.15, 0.2) is 11.5 Å². The van der Waals surface area contributed by atoms with Crippen LogP contribution in [0.2, 0.25) is 0 Å². The van der Waals surface area contributed by atoms with E-state index in [-0.39, 0.29) is 5.92 Å². The molecule has 0 fully saturated rings. The second-order valence-electron chi connectivity index (χ2n) is 8.38. The van der Waals surface area contributed by atoms with Crippen molar-refractivity contribution in [3.05, 3.63) is 41.9 Å². The summed E-state index contributed by atoms with van der Waals surface area (Å²) in [5.41, 5.74) is 0.294. The van der Waals surface area contributed by atoms with E-state index < -0.39 is 24.4 Å². The van der Waals surface area contributed by atoms with Gasteiger partial charge in [0.05, 0.1) is 32.2 Å². The van der Waals surface area contributed by atoms with Crippen molar-refractivity contribution in [1.29, 1.82) is 0 Å². The van der Waals surface area contributed by atoms with Crippen molar-refractivity contribution in [2.24, 2.45) is 0 Å². The van der Waals surface area contributed by atoms with Gasteiger partial charge in [-0.05, 0) is 26.0 Å². The van der Waals surface area contributed by atoms with Crippen LogP contribution in [0.15, 0.2) is 30.5 Å². The van der Waals surface area contributed by atoms with Crippen LogP contribution in [0.1, 0.15) is 31.2 Å². The minimum absolute atomic E-state index is 0.169. The summed E-state index contributed by atoms with van der Waals surface area (Å²) < 4.78 is 36.1. The molecular weight excluding hydrogens is 446 g/mol. The molecule has 1 atom stereocenters. The third-order valence-electron chi connectivity index (χ3n) is 5.63. The second kappa shape index (κ2) is 9.24. The number of hydrogen-bond acceptors (Lipinski definition) is 8.